The predicted molar refractivity (Wildman–Crippen MR) is 71.9 cm³/mol. The highest BCUT2D eigenvalue weighted by molar-refractivity contribution is 7.92. The van der Waals surface area contributed by atoms with Gasteiger partial charge in [-0.05, 0) is 32.0 Å². The average Bonchev–Trinajstić information content (AvgIpc) is 3.26. The normalized spacial score (nSPS) is 25.1. The van der Waals surface area contributed by atoms with E-state index in [1.54, 1.807) is 13.8 Å². The summed E-state index contributed by atoms with van der Waals surface area (Å²) in [5.74, 6) is -6.70. The van der Waals surface area contributed by atoms with Gasteiger partial charge in [0.25, 0.3) is 0 Å². The van der Waals surface area contributed by atoms with Crippen LogP contribution in [-0.2, 0) is 14.6 Å². The number of hydrogen-bond donors (Lipinski definition) is 0. The molecule has 3 rings (SSSR count). The summed E-state index contributed by atoms with van der Waals surface area (Å²) in [6, 6.07) is 1.99. The van der Waals surface area contributed by atoms with Crippen molar-refractivity contribution in [2.24, 2.45) is 0 Å². The van der Waals surface area contributed by atoms with Gasteiger partial charge in [-0.25, -0.2) is 8.42 Å². The highest BCUT2D eigenvalue weighted by Crippen LogP contribution is 2.55. The molecule has 0 saturated carbocycles. The number of halogens is 7. The van der Waals surface area contributed by atoms with Crippen molar-refractivity contribution in [1.82, 2.24) is 0 Å². The minimum absolute atomic E-state index is 0.0125. The largest absolute Gasteiger partial charge is 0.485 e. The second kappa shape index (κ2) is 5.03. The molecule has 1 aromatic rings. The first-order valence-corrected chi connectivity index (χ1v) is 8.58. The van der Waals surface area contributed by atoms with E-state index in [1.165, 1.54) is 0 Å². The minimum atomic E-state index is -6.77. The van der Waals surface area contributed by atoms with Gasteiger partial charge in [-0.1, -0.05) is 0 Å². The maximum absolute atomic E-state index is 13.7. The molecule has 2 heterocycles. The third-order valence-electron chi connectivity index (χ3n) is 4.21. The van der Waals surface area contributed by atoms with Crippen molar-refractivity contribution in [3.05, 3.63) is 23.8 Å². The standard InChI is InChI=1S/C14H11F7O4S/c1-11(2)10-9(24-10)7-5-6(3-4-8(7)25-11)26(22,23)14(20,21)12(15,16)13(17,18)19/h3-5,9-10H,1-2H3. The van der Waals surface area contributed by atoms with Gasteiger partial charge < -0.3 is 9.47 Å². The number of hydrogen-bond acceptors (Lipinski definition) is 4. The summed E-state index contributed by atoms with van der Waals surface area (Å²) in [6.07, 6.45) is -8.00. The van der Waals surface area contributed by atoms with E-state index in [4.69, 9.17) is 9.47 Å². The zero-order valence-electron chi connectivity index (χ0n) is 13.1. The van der Waals surface area contributed by atoms with Gasteiger partial charge in [0.15, 0.2) is 0 Å². The third kappa shape index (κ3) is 2.41. The Labute approximate surface area is 142 Å². The van der Waals surface area contributed by atoms with Crippen LogP contribution in [0.2, 0.25) is 0 Å². The van der Waals surface area contributed by atoms with E-state index in [9.17, 15) is 39.2 Å². The van der Waals surface area contributed by atoms with Crippen molar-refractivity contribution in [1.29, 1.82) is 0 Å². The van der Waals surface area contributed by atoms with Gasteiger partial charge in [-0.15, -0.1) is 0 Å². The molecule has 26 heavy (non-hydrogen) atoms. The Bertz CT molecular complexity index is 861. The first-order chi connectivity index (χ1) is 11.5. The van der Waals surface area contributed by atoms with Gasteiger partial charge >= 0.3 is 17.4 Å². The zero-order chi connectivity index (χ0) is 19.9. The molecule has 1 saturated heterocycles. The molecule has 0 aromatic heterocycles. The summed E-state index contributed by atoms with van der Waals surface area (Å²) < 4.78 is 125. The lowest BCUT2D eigenvalue weighted by Crippen LogP contribution is -2.55. The molecule has 0 spiro atoms. The Kier molecular flexibility index (Phi) is 3.72. The molecule has 0 amide bonds. The van der Waals surface area contributed by atoms with E-state index >= 15 is 0 Å². The van der Waals surface area contributed by atoms with Crippen LogP contribution in [0.5, 0.6) is 5.75 Å². The second-order valence-electron chi connectivity index (χ2n) is 6.47. The van der Waals surface area contributed by atoms with Gasteiger partial charge in [0.05, 0.1) is 4.90 Å². The smallest absolute Gasteiger partial charge is 0.461 e. The monoisotopic (exact) mass is 408 g/mol. The predicted octanol–water partition coefficient (Wildman–Crippen LogP) is 3.86. The van der Waals surface area contributed by atoms with Gasteiger partial charge in [-0.3, -0.25) is 0 Å². The first-order valence-electron chi connectivity index (χ1n) is 7.09. The van der Waals surface area contributed by atoms with Crippen molar-refractivity contribution >= 4 is 9.84 Å². The molecule has 1 fully saturated rings. The summed E-state index contributed by atoms with van der Waals surface area (Å²) in [7, 11) is -6.36. The van der Waals surface area contributed by atoms with Crippen molar-refractivity contribution < 1.29 is 48.6 Å². The quantitative estimate of drug-likeness (QED) is 0.563. The summed E-state index contributed by atoms with van der Waals surface area (Å²) in [6.45, 7) is 3.31. The SMILES string of the molecule is CC1(C)Oc2ccc(S(=O)(=O)C(F)(F)C(F)(F)C(F)(F)F)cc2C2OC21. The summed E-state index contributed by atoms with van der Waals surface area (Å²) in [5.41, 5.74) is -0.813. The second-order valence-corrected chi connectivity index (χ2v) is 8.47. The minimum Gasteiger partial charge on any atom is -0.485 e. The van der Waals surface area contributed by atoms with Gasteiger partial charge in [-0.2, -0.15) is 30.7 Å². The Hall–Kier alpha value is -1.56. The fourth-order valence-electron chi connectivity index (χ4n) is 2.71. The molecule has 12 heteroatoms. The van der Waals surface area contributed by atoms with E-state index in [2.05, 4.69) is 0 Å². The van der Waals surface area contributed by atoms with Gasteiger partial charge in [0.1, 0.15) is 23.6 Å². The van der Waals surface area contributed by atoms with Crippen LogP contribution in [0.1, 0.15) is 25.5 Å². The molecule has 2 unspecified atom stereocenters. The fraction of sp³-hybridized carbons (Fsp3) is 0.571. The molecule has 2 aliphatic rings. The van der Waals surface area contributed by atoms with Crippen LogP contribution in [0.25, 0.3) is 0 Å². The molecule has 0 radical (unpaired) electrons. The van der Waals surface area contributed by atoms with Crippen molar-refractivity contribution in [3.63, 3.8) is 0 Å². The summed E-state index contributed by atoms with van der Waals surface area (Å²) >= 11 is 0. The average molecular weight is 408 g/mol. The first kappa shape index (κ1) is 19.2. The van der Waals surface area contributed by atoms with E-state index in [0.717, 1.165) is 6.07 Å². The Morgan fingerprint density at radius 1 is 1.04 bits per heavy atom. The molecule has 4 nitrogen and oxygen atoms in total. The van der Waals surface area contributed by atoms with Gasteiger partial charge in [0.2, 0.25) is 9.84 Å². The number of fused-ring (bicyclic) bond motifs is 3. The molecule has 0 aliphatic carbocycles. The van der Waals surface area contributed by atoms with E-state index < -0.39 is 49.9 Å². The molecular weight excluding hydrogens is 397 g/mol. The fourth-order valence-corrected chi connectivity index (χ4v) is 3.99. The van der Waals surface area contributed by atoms with Crippen LogP contribution in [0.15, 0.2) is 23.1 Å². The van der Waals surface area contributed by atoms with Crippen LogP contribution < -0.4 is 4.74 Å². The topological polar surface area (TPSA) is 55.9 Å². The number of epoxide rings is 1. The lowest BCUT2D eigenvalue weighted by Gasteiger charge is -2.30. The number of ether oxygens (including phenoxy) is 2. The van der Waals surface area contributed by atoms with Crippen LogP contribution in [0.4, 0.5) is 30.7 Å². The van der Waals surface area contributed by atoms with E-state index in [1.807, 2.05) is 0 Å². The molecule has 2 atom stereocenters. The highest BCUT2D eigenvalue weighted by Gasteiger charge is 2.78. The molecular formula is C14H11F7O4S. The molecule has 0 bridgehead atoms. The number of benzene rings is 1. The van der Waals surface area contributed by atoms with Crippen LogP contribution in [0, 0.1) is 0 Å². The van der Waals surface area contributed by atoms with E-state index in [0.29, 0.717) is 12.1 Å². The number of sulfone groups is 1. The molecule has 146 valence electrons. The van der Waals surface area contributed by atoms with Crippen molar-refractivity contribution in [3.8, 4) is 5.75 Å². The van der Waals surface area contributed by atoms with E-state index in [-0.39, 0.29) is 11.3 Å². The lowest BCUT2D eigenvalue weighted by molar-refractivity contribution is -0.332. The highest BCUT2D eigenvalue weighted by atomic mass is 32.2. The Morgan fingerprint density at radius 2 is 1.62 bits per heavy atom. The van der Waals surface area contributed by atoms with Crippen LogP contribution in [-0.4, -0.2) is 37.5 Å². The number of rotatable bonds is 3. The number of alkyl halides is 7. The Balaban J connectivity index is 2.06. The van der Waals surface area contributed by atoms with Crippen molar-refractivity contribution in [2.45, 2.75) is 53.9 Å². The van der Waals surface area contributed by atoms with Gasteiger partial charge in [0, 0.05) is 5.56 Å². The van der Waals surface area contributed by atoms with Crippen LogP contribution in [0.3, 0.4) is 0 Å². The molecule has 1 aromatic carbocycles. The van der Waals surface area contributed by atoms with Crippen molar-refractivity contribution in [2.75, 3.05) is 0 Å². The third-order valence-corrected chi connectivity index (χ3v) is 6.01. The maximum atomic E-state index is 13.7. The Morgan fingerprint density at radius 3 is 2.15 bits per heavy atom. The zero-order valence-corrected chi connectivity index (χ0v) is 13.9. The summed E-state index contributed by atoms with van der Waals surface area (Å²) in [5, 5.41) is -6.40. The van der Waals surface area contributed by atoms with Crippen LogP contribution >= 0.6 is 0 Å². The lowest BCUT2D eigenvalue weighted by atomic mass is 9.94. The molecule has 2 aliphatic heterocycles. The molecule has 0 N–H and O–H groups in total. The maximum Gasteiger partial charge on any atom is 0.461 e. The summed E-state index contributed by atoms with van der Waals surface area (Å²) in [4.78, 5) is -1.39.